The smallest absolute Gasteiger partial charge is 0.225 e. The normalized spacial score (nSPS) is 36.1. The first-order valence-electron chi connectivity index (χ1n) is 4.42. The van der Waals surface area contributed by atoms with Crippen LogP contribution in [0.5, 0.6) is 0 Å². The quantitative estimate of drug-likeness (QED) is 0.477. The summed E-state index contributed by atoms with van der Waals surface area (Å²) < 4.78 is 0. The molecule has 2 aliphatic rings. The molecule has 2 heteroatoms. The highest BCUT2D eigenvalue weighted by molar-refractivity contribution is 6.64. The SMILES string of the molecule is CC1(C)C(C=C2CC2)C1C(=O)Cl. The molecule has 0 aromatic carbocycles. The summed E-state index contributed by atoms with van der Waals surface area (Å²) in [6, 6.07) is 0. The molecule has 2 saturated carbocycles. The van der Waals surface area contributed by atoms with Gasteiger partial charge in [-0.05, 0) is 35.8 Å². The molecule has 0 amide bonds. The van der Waals surface area contributed by atoms with E-state index in [1.54, 1.807) is 0 Å². The summed E-state index contributed by atoms with van der Waals surface area (Å²) in [5.74, 6) is 0.493. The topological polar surface area (TPSA) is 17.1 Å². The van der Waals surface area contributed by atoms with E-state index in [0.29, 0.717) is 5.92 Å². The molecule has 66 valence electrons. The van der Waals surface area contributed by atoms with Crippen molar-refractivity contribution in [2.24, 2.45) is 17.3 Å². The Morgan fingerprint density at radius 2 is 2.17 bits per heavy atom. The predicted octanol–water partition coefficient (Wildman–Crippen LogP) is 2.74. The zero-order valence-electron chi connectivity index (χ0n) is 7.43. The molecule has 2 rings (SSSR count). The summed E-state index contributed by atoms with van der Waals surface area (Å²) in [4.78, 5) is 11.0. The van der Waals surface area contributed by atoms with Crippen molar-refractivity contribution in [1.82, 2.24) is 0 Å². The molecule has 0 radical (unpaired) electrons. The average molecular weight is 185 g/mol. The molecule has 0 spiro atoms. The first-order valence-corrected chi connectivity index (χ1v) is 4.80. The van der Waals surface area contributed by atoms with Gasteiger partial charge < -0.3 is 0 Å². The van der Waals surface area contributed by atoms with Gasteiger partial charge in [0.05, 0.1) is 0 Å². The highest BCUT2D eigenvalue weighted by Crippen LogP contribution is 2.61. The molecule has 0 bridgehead atoms. The van der Waals surface area contributed by atoms with E-state index < -0.39 is 0 Å². The average Bonchev–Trinajstić information content (AvgIpc) is 2.75. The van der Waals surface area contributed by atoms with Gasteiger partial charge in [0, 0.05) is 5.92 Å². The summed E-state index contributed by atoms with van der Waals surface area (Å²) >= 11 is 5.49. The summed E-state index contributed by atoms with van der Waals surface area (Å²) in [5.41, 5.74) is 1.63. The molecule has 0 aliphatic heterocycles. The van der Waals surface area contributed by atoms with Crippen molar-refractivity contribution in [1.29, 1.82) is 0 Å². The van der Waals surface area contributed by atoms with Crippen LogP contribution in [0.2, 0.25) is 0 Å². The molecule has 2 atom stereocenters. The number of allylic oxidation sites excluding steroid dienone is 2. The number of hydrogen-bond acceptors (Lipinski definition) is 1. The van der Waals surface area contributed by atoms with E-state index in [1.807, 2.05) is 0 Å². The minimum atomic E-state index is -0.164. The van der Waals surface area contributed by atoms with Crippen molar-refractivity contribution in [3.8, 4) is 0 Å². The number of rotatable bonds is 2. The molecule has 0 heterocycles. The van der Waals surface area contributed by atoms with Gasteiger partial charge in [-0.2, -0.15) is 0 Å². The Bertz CT molecular complexity index is 259. The monoisotopic (exact) mass is 184 g/mol. The Morgan fingerprint density at radius 1 is 1.58 bits per heavy atom. The van der Waals surface area contributed by atoms with Gasteiger partial charge in [0.2, 0.25) is 5.24 Å². The molecule has 0 aromatic rings. The lowest BCUT2D eigenvalue weighted by Gasteiger charge is -1.95. The van der Waals surface area contributed by atoms with E-state index >= 15 is 0 Å². The van der Waals surface area contributed by atoms with E-state index in [-0.39, 0.29) is 16.6 Å². The Labute approximate surface area is 77.8 Å². The lowest BCUT2D eigenvalue weighted by atomic mass is 10.1. The van der Waals surface area contributed by atoms with Gasteiger partial charge in [-0.15, -0.1) is 0 Å². The van der Waals surface area contributed by atoms with E-state index in [0.717, 1.165) is 0 Å². The minimum absolute atomic E-state index is 0.0762. The predicted molar refractivity (Wildman–Crippen MR) is 48.9 cm³/mol. The first kappa shape index (κ1) is 8.31. The van der Waals surface area contributed by atoms with E-state index in [4.69, 9.17) is 11.6 Å². The summed E-state index contributed by atoms with van der Waals surface area (Å²) in [5, 5.41) is -0.164. The van der Waals surface area contributed by atoms with E-state index in [9.17, 15) is 4.79 Å². The number of halogens is 1. The third-order valence-corrected chi connectivity index (χ3v) is 3.34. The number of hydrogen-bond donors (Lipinski definition) is 0. The second-order valence-corrected chi connectivity index (χ2v) is 4.83. The molecule has 2 unspecified atom stereocenters. The summed E-state index contributed by atoms with van der Waals surface area (Å²) in [7, 11) is 0. The van der Waals surface area contributed by atoms with Gasteiger partial charge in [0.15, 0.2) is 0 Å². The van der Waals surface area contributed by atoms with Crippen molar-refractivity contribution < 1.29 is 4.79 Å². The molecule has 1 nitrogen and oxygen atoms in total. The fraction of sp³-hybridized carbons (Fsp3) is 0.700. The molecular weight excluding hydrogens is 172 g/mol. The lowest BCUT2D eigenvalue weighted by Crippen LogP contribution is -1.96. The number of carbonyl (C=O) groups is 1. The number of carbonyl (C=O) groups excluding carboxylic acids is 1. The Hall–Kier alpha value is -0.300. The van der Waals surface area contributed by atoms with Gasteiger partial charge in [-0.1, -0.05) is 25.5 Å². The third kappa shape index (κ3) is 1.20. The fourth-order valence-corrected chi connectivity index (χ4v) is 2.33. The van der Waals surface area contributed by atoms with Crippen molar-refractivity contribution in [2.45, 2.75) is 26.7 Å². The zero-order valence-corrected chi connectivity index (χ0v) is 8.19. The van der Waals surface area contributed by atoms with Crippen molar-refractivity contribution in [3.63, 3.8) is 0 Å². The van der Waals surface area contributed by atoms with Gasteiger partial charge in [-0.3, -0.25) is 4.79 Å². The summed E-state index contributed by atoms with van der Waals surface area (Å²) in [6.45, 7) is 4.23. The highest BCUT2D eigenvalue weighted by Gasteiger charge is 2.60. The molecule has 0 N–H and O–H groups in total. The molecule has 0 saturated heterocycles. The maximum atomic E-state index is 11.0. The van der Waals surface area contributed by atoms with Crippen LogP contribution < -0.4 is 0 Å². The van der Waals surface area contributed by atoms with Crippen LogP contribution >= 0.6 is 11.6 Å². The fourth-order valence-electron chi connectivity index (χ4n) is 1.91. The molecule has 2 fully saturated rings. The maximum absolute atomic E-state index is 11.0. The van der Waals surface area contributed by atoms with Crippen LogP contribution in [0.3, 0.4) is 0 Å². The van der Waals surface area contributed by atoms with Gasteiger partial charge in [-0.25, -0.2) is 0 Å². The molecule has 0 aromatic heterocycles. The highest BCUT2D eigenvalue weighted by atomic mass is 35.5. The van der Waals surface area contributed by atoms with Crippen LogP contribution in [0.15, 0.2) is 11.6 Å². The minimum Gasteiger partial charge on any atom is -0.281 e. The van der Waals surface area contributed by atoms with Crippen LogP contribution in [0.25, 0.3) is 0 Å². The van der Waals surface area contributed by atoms with Crippen LogP contribution in [-0.4, -0.2) is 5.24 Å². The first-order chi connectivity index (χ1) is 5.53. The Kier molecular flexibility index (Phi) is 1.63. The second kappa shape index (κ2) is 2.35. The zero-order chi connectivity index (χ0) is 8.93. The van der Waals surface area contributed by atoms with Crippen molar-refractivity contribution >= 4 is 16.8 Å². The van der Waals surface area contributed by atoms with Crippen LogP contribution in [0, 0.1) is 17.3 Å². The Balaban J connectivity index is 2.10. The van der Waals surface area contributed by atoms with Crippen molar-refractivity contribution in [2.75, 3.05) is 0 Å². The van der Waals surface area contributed by atoms with Gasteiger partial charge in [0.1, 0.15) is 0 Å². The van der Waals surface area contributed by atoms with Crippen LogP contribution in [-0.2, 0) is 4.79 Å². The molecule has 2 aliphatic carbocycles. The largest absolute Gasteiger partial charge is 0.281 e. The van der Waals surface area contributed by atoms with E-state index in [2.05, 4.69) is 19.9 Å². The maximum Gasteiger partial charge on any atom is 0.225 e. The van der Waals surface area contributed by atoms with E-state index in [1.165, 1.54) is 18.4 Å². The van der Waals surface area contributed by atoms with Crippen LogP contribution in [0.1, 0.15) is 26.7 Å². The third-order valence-electron chi connectivity index (χ3n) is 3.11. The van der Waals surface area contributed by atoms with Gasteiger partial charge >= 0.3 is 0 Å². The van der Waals surface area contributed by atoms with Crippen molar-refractivity contribution in [3.05, 3.63) is 11.6 Å². The van der Waals surface area contributed by atoms with Crippen LogP contribution in [0.4, 0.5) is 0 Å². The standard InChI is InChI=1S/C10H13ClO/c1-10(2)7(5-6-3-4-6)8(10)9(11)12/h5,7-8H,3-4H2,1-2H3. The lowest BCUT2D eigenvalue weighted by molar-refractivity contribution is -0.113. The second-order valence-electron chi connectivity index (χ2n) is 4.45. The van der Waals surface area contributed by atoms with Gasteiger partial charge in [0.25, 0.3) is 0 Å². The Morgan fingerprint density at radius 3 is 2.50 bits per heavy atom. The summed E-state index contributed by atoms with van der Waals surface area (Å²) in [6.07, 6.45) is 4.72. The molecular formula is C10H13ClO. The molecule has 12 heavy (non-hydrogen) atoms.